The average Bonchev–Trinajstić information content (AvgIpc) is 2.20. The highest BCUT2D eigenvalue weighted by molar-refractivity contribution is 5.83. The Morgan fingerprint density at radius 1 is 1.24 bits per heavy atom. The third kappa shape index (κ3) is 2.66. The van der Waals surface area contributed by atoms with Crippen molar-refractivity contribution < 1.29 is 22.4 Å². The van der Waals surface area contributed by atoms with Crippen molar-refractivity contribution in [3.63, 3.8) is 0 Å². The number of rotatable bonds is 4. The fourth-order valence-corrected chi connectivity index (χ4v) is 1.11. The topological polar surface area (TPSA) is 55.1 Å². The normalized spacial score (nSPS) is 15.1. The van der Waals surface area contributed by atoms with Crippen LogP contribution in [0.15, 0.2) is 24.3 Å². The SMILES string of the molecule is CC(F)(Nc1ccc(F)cc1)C(F)(F)C(N)=O. The zero-order chi connectivity index (χ0) is 13.3. The van der Waals surface area contributed by atoms with E-state index in [2.05, 4.69) is 5.73 Å². The summed E-state index contributed by atoms with van der Waals surface area (Å²) in [4.78, 5) is 10.4. The molecule has 0 aliphatic heterocycles. The molecule has 1 aromatic rings. The molecule has 0 fully saturated rings. The number of hydrogen-bond donors (Lipinski definition) is 2. The smallest absolute Gasteiger partial charge is 0.364 e. The van der Waals surface area contributed by atoms with Gasteiger partial charge in [0.25, 0.3) is 11.7 Å². The Balaban J connectivity index is 2.93. The molecule has 3 N–H and O–H groups in total. The molecule has 0 radical (unpaired) electrons. The fraction of sp³-hybridized carbons (Fsp3) is 0.300. The van der Waals surface area contributed by atoms with Gasteiger partial charge in [-0.2, -0.15) is 8.78 Å². The number of hydrogen-bond acceptors (Lipinski definition) is 2. The van der Waals surface area contributed by atoms with Crippen molar-refractivity contribution in [3.8, 4) is 0 Å². The van der Waals surface area contributed by atoms with Gasteiger partial charge in [0.05, 0.1) is 0 Å². The van der Waals surface area contributed by atoms with Crippen molar-refractivity contribution in [3.05, 3.63) is 30.1 Å². The van der Waals surface area contributed by atoms with Crippen molar-refractivity contribution in [2.45, 2.75) is 18.6 Å². The molecule has 0 bridgehead atoms. The standard InChI is InChI=1S/C10H10F4N2O/c1-9(12,10(13,14)8(15)17)16-7-4-2-6(11)3-5-7/h2-5,16H,1H3,(H2,15,17). The van der Waals surface area contributed by atoms with Gasteiger partial charge in [-0.25, -0.2) is 8.78 Å². The van der Waals surface area contributed by atoms with Crippen LogP contribution in [0.4, 0.5) is 23.2 Å². The van der Waals surface area contributed by atoms with Gasteiger partial charge in [0.2, 0.25) is 0 Å². The van der Waals surface area contributed by atoms with Crippen molar-refractivity contribution in [1.29, 1.82) is 0 Å². The summed E-state index contributed by atoms with van der Waals surface area (Å²) in [5.41, 5.74) is 4.31. The maximum atomic E-state index is 13.6. The van der Waals surface area contributed by atoms with Gasteiger partial charge >= 0.3 is 5.92 Å². The highest BCUT2D eigenvalue weighted by Gasteiger charge is 2.56. The zero-order valence-electron chi connectivity index (χ0n) is 8.81. The van der Waals surface area contributed by atoms with Crippen LogP contribution in [0.25, 0.3) is 0 Å². The molecule has 0 saturated carbocycles. The van der Waals surface area contributed by atoms with Gasteiger partial charge in [0, 0.05) is 5.69 Å². The summed E-state index contributed by atoms with van der Waals surface area (Å²) in [7, 11) is 0. The minimum atomic E-state index is -4.39. The Morgan fingerprint density at radius 3 is 2.12 bits per heavy atom. The maximum Gasteiger partial charge on any atom is 0.375 e. The first-order chi connectivity index (χ1) is 7.67. The monoisotopic (exact) mass is 250 g/mol. The van der Waals surface area contributed by atoms with Crippen LogP contribution in [-0.2, 0) is 4.79 Å². The van der Waals surface area contributed by atoms with E-state index in [9.17, 15) is 22.4 Å². The lowest BCUT2D eigenvalue weighted by Gasteiger charge is -2.29. The predicted molar refractivity (Wildman–Crippen MR) is 53.7 cm³/mol. The van der Waals surface area contributed by atoms with E-state index in [-0.39, 0.29) is 5.69 Å². The van der Waals surface area contributed by atoms with Gasteiger partial charge < -0.3 is 11.1 Å². The molecule has 1 atom stereocenters. The van der Waals surface area contributed by atoms with Crippen LogP contribution in [0.1, 0.15) is 6.92 Å². The summed E-state index contributed by atoms with van der Waals surface area (Å²) in [5.74, 6) is -10.4. The molecule has 7 heteroatoms. The van der Waals surface area contributed by atoms with E-state index in [0.29, 0.717) is 6.92 Å². The second kappa shape index (κ2) is 4.23. The summed E-state index contributed by atoms with van der Waals surface area (Å²) in [6.45, 7) is 0.473. The summed E-state index contributed by atoms with van der Waals surface area (Å²) >= 11 is 0. The second-order valence-corrected chi connectivity index (χ2v) is 3.57. The van der Waals surface area contributed by atoms with Crippen LogP contribution < -0.4 is 11.1 Å². The molecule has 0 saturated heterocycles. The Bertz CT molecular complexity index is 417. The number of nitrogens with one attached hydrogen (secondary N) is 1. The number of carbonyl (C=O) groups excluding carboxylic acids is 1. The molecule has 0 spiro atoms. The largest absolute Gasteiger partial charge is 0.375 e. The van der Waals surface area contributed by atoms with Gasteiger partial charge in [0.15, 0.2) is 0 Å². The van der Waals surface area contributed by atoms with Crippen LogP contribution in [-0.4, -0.2) is 17.6 Å². The van der Waals surface area contributed by atoms with Crippen LogP contribution in [0.3, 0.4) is 0 Å². The molecule has 17 heavy (non-hydrogen) atoms. The maximum absolute atomic E-state index is 13.6. The van der Waals surface area contributed by atoms with E-state index in [0.717, 1.165) is 24.3 Å². The number of halogens is 4. The molecule has 94 valence electrons. The number of carbonyl (C=O) groups is 1. The number of alkyl halides is 3. The highest BCUT2D eigenvalue weighted by Crippen LogP contribution is 2.33. The van der Waals surface area contributed by atoms with E-state index in [1.807, 2.05) is 0 Å². The molecule has 0 aliphatic rings. The van der Waals surface area contributed by atoms with E-state index in [4.69, 9.17) is 0 Å². The van der Waals surface area contributed by atoms with Crippen LogP contribution in [0.5, 0.6) is 0 Å². The van der Waals surface area contributed by atoms with Crippen LogP contribution in [0.2, 0.25) is 0 Å². The second-order valence-electron chi connectivity index (χ2n) is 3.57. The summed E-state index contributed by atoms with van der Waals surface area (Å²) < 4.78 is 52.4. The molecule has 0 aromatic heterocycles. The lowest BCUT2D eigenvalue weighted by atomic mass is 10.1. The van der Waals surface area contributed by atoms with Crippen molar-refractivity contribution >= 4 is 11.6 Å². The molecular weight excluding hydrogens is 240 g/mol. The highest BCUT2D eigenvalue weighted by atomic mass is 19.3. The molecule has 3 nitrogen and oxygen atoms in total. The Labute approximate surface area is 94.6 Å². The molecule has 0 heterocycles. The van der Waals surface area contributed by atoms with E-state index in [1.54, 1.807) is 5.32 Å². The molecule has 1 rings (SSSR count). The minimum Gasteiger partial charge on any atom is -0.364 e. The third-order valence-electron chi connectivity index (χ3n) is 2.12. The molecule has 1 aromatic carbocycles. The summed E-state index contributed by atoms with van der Waals surface area (Å²) in [5, 5.41) is 1.78. The third-order valence-corrected chi connectivity index (χ3v) is 2.12. The fourth-order valence-electron chi connectivity index (χ4n) is 1.11. The molecule has 0 aliphatic carbocycles. The van der Waals surface area contributed by atoms with Gasteiger partial charge in [0.1, 0.15) is 5.82 Å². The van der Waals surface area contributed by atoms with E-state index >= 15 is 0 Å². The molecule has 1 unspecified atom stereocenters. The van der Waals surface area contributed by atoms with E-state index < -0.39 is 23.4 Å². The lowest BCUT2D eigenvalue weighted by Crippen LogP contribution is -2.55. The van der Waals surface area contributed by atoms with Crippen molar-refractivity contribution in [2.24, 2.45) is 5.73 Å². The number of anilines is 1. The average molecular weight is 250 g/mol. The Kier molecular flexibility index (Phi) is 3.30. The quantitative estimate of drug-likeness (QED) is 0.634. The Morgan fingerprint density at radius 2 is 1.71 bits per heavy atom. The van der Waals surface area contributed by atoms with Crippen molar-refractivity contribution in [2.75, 3.05) is 5.32 Å². The predicted octanol–water partition coefficient (Wildman–Crippen LogP) is 2.04. The van der Waals surface area contributed by atoms with Crippen LogP contribution >= 0.6 is 0 Å². The Hall–Kier alpha value is -1.79. The van der Waals surface area contributed by atoms with Gasteiger partial charge in [-0.1, -0.05) is 0 Å². The number of nitrogens with two attached hydrogens (primary N) is 1. The van der Waals surface area contributed by atoms with Crippen LogP contribution in [0, 0.1) is 5.82 Å². The molecule has 1 amide bonds. The first-order valence-corrected chi connectivity index (χ1v) is 4.57. The van der Waals surface area contributed by atoms with Gasteiger partial charge in [-0.3, -0.25) is 4.79 Å². The first-order valence-electron chi connectivity index (χ1n) is 4.57. The van der Waals surface area contributed by atoms with E-state index in [1.165, 1.54) is 0 Å². The number of primary amides is 1. The number of benzene rings is 1. The number of amides is 1. The first kappa shape index (κ1) is 13.3. The zero-order valence-corrected chi connectivity index (χ0v) is 8.81. The van der Waals surface area contributed by atoms with Gasteiger partial charge in [-0.15, -0.1) is 0 Å². The minimum absolute atomic E-state index is 0.0997. The van der Waals surface area contributed by atoms with Crippen molar-refractivity contribution in [1.82, 2.24) is 0 Å². The summed E-state index contributed by atoms with van der Waals surface area (Å²) in [6, 6.07) is 4.04. The lowest BCUT2D eigenvalue weighted by molar-refractivity contribution is -0.162. The molecular formula is C10H10F4N2O. The van der Waals surface area contributed by atoms with Gasteiger partial charge in [-0.05, 0) is 31.2 Å². The summed E-state index contributed by atoms with van der Waals surface area (Å²) in [6.07, 6.45) is 0.